The summed E-state index contributed by atoms with van der Waals surface area (Å²) in [5.74, 6) is -4.09. The quantitative estimate of drug-likeness (QED) is 0.609. The van der Waals surface area contributed by atoms with E-state index in [0.717, 1.165) is 0 Å². The zero-order valence-electron chi connectivity index (χ0n) is 10.0. The second-order valence-corrected chi connectivity index (χ2v) is 3.49. The van der Waals surface area contributed by atoms with Gasteiger partial charge < -0.3 is 14.8 Å². The van der Waals surface area contributed by atoms with Crippen LogP contribution in [0.1, 0.15) is 13.8 Å². The summed E-state index contributed by atoms with van der Waals surface area (Å²) in [5.41, 5.74) is 0. The molecule has 0 spiro atoms. The Morgan fingerprint density at radius 1 is 1.12 bits per heavy atom. The average Bonchev–Trinajstić information content (AvgIpc) is 2.25. The maximum atomic E-state index is 12.5. The Bertz CT molecular complexity index is 193. The first-order chi connectivity index (χ1) is 7.94. The van der Waals surface area contributed by atoms with E-state index in [1.54, 1.807) is 6.92 Å². The lowest BCUT2D eigenvalue weighted by Crippen LogP contribution is -2.40. The summed E-state index contributed by atoms with van der Waals surface area (Å²) < 4.78 is 58.3. The highest BCUT2D eigenvalue weighted by Gasteiger charge is 2.41. The number of ether oxygens (including phenoxy) is 2. The van der Waals surface area contributed by atoms with Gasteiger partial charge in [-0.2, -0.15) is 8.78 Å². The molecule has 0 radical (unpaired) electrons. The van der Waals surface area contributed by atoms with Crippen LogP contribution in [0.2, 0.25) is 0 Å². The normalized spacial score (nSPS) is 14.3. The molecule has 1 unspecified atom stereocenters. The Kier molecular flexibility index (Phi) is 8.45. The van der Waals surface area contributed by atoms with E-state index >= 15 is 0 Å². The van der Waals surface area contributed by atoms with Crippen LogP contribution in [-0.4, -0.2) is 51.4 Å². The van der Waals surface area contributed by atoms with Crippen molar-refractivity contribution >= 4 is 0 Å². The highest BCUT2D eigenvalue weighted by Crippen LogP contribution is 2.22. The van der Waals surface area contributed by atoms with E-state index in [2.05, 4.69) is 10.1 Å². The summed E-state index contributed by atoms with van der Waals surface area (Å²) in [6.45, 7) is 3.68. The Balaban J connectivity index is 3.88. The Labute approximate surface area is 98.5 Å². The van der Waals surface area contributed by atoms with Crippen LogP contribution in [0.4, 0.5) is 17.6 Å². The van der Waals surface area contributed by atoms with Gasteiger partial charge in [0.2, 0.25) is 0 Å². The molecule has 104 valence electrons. The van der Waals surface area contributed by atoms with Crippen molar-refractivity contribution in [3.63, 3.8) is 0 Å². The number of alkyl halides is 4. The van der Waals surface area contributed by atoms with Gasteiger partial charge in [0.15, 0.2) is 0 Å². The van der Waals surface area contributed by atoms with Crippen molar-refractivity contribution in [3.8, 4) is 0 Å². The number of rotatable bonds is 10. The third kappa shape index (κ3) is 7.51. The molecule has 0 aliphatic rings. The monoisotopic (exact) mass is 261 g/mol. The molecule has 0 aromatic rings. The minimum atomic E-state index is -4.09. The smallest absolute Gasteiger partial charge is 0.330 e. The van der Waals surface area contributed by atoms with Crippen molar-refractivity contribution in [1.82, 2.24) is 5.32 Å². The summed E-state index contributed by atoms with van der Waals surface area (Å²) in [6, 6.07) is -0.270. The van der Waals surface area contributed by atoms with E-state index in [4.69, 9.17) is 4.74 Å². The van der Waals surface area contributed by atoms with Gasteiger partial charge in [-0.1, -0.05) is 6.92 Å². The van der Waals surface area contributed by atoms with E-state index in [9.17, 15) is 17.6 Å². The van der Waals surface area contributed by atoms with Gasteiger partial charge in [0.25, 0.3) is 0 Å². The highest BCUT2D eigenvalue weighted by atomic mass is 19.3. The predicted molar refractivity (Wildman–Crippen MR) is 55.7 cm³/mol. The van der Waals surface area contributed by atoms with Crippen LogP contribution in [0.15, 0.2) is 0 Å². The molecule has 0 bridgehead atoms. The first-order valence-electron chi connectivity index (χ1n) is 5.48. The standard InChI is InChI=1S/C10H19F4NO2/c1-3-15-8(5-16-4-2)6-17-7-10(13,14)9(11)12/h8-9,15H,3-7H2,1-2H3. The minimum Gasteiger partial charge on any atom is -0.380 e. The summed E-state index contributed by atoms with van der Waals surface area (Å²) in [7, 11) is 0. The second kappa shape index (κ2) is 8.66. The van der Waals surface area contributed by atoms with Crippen molar-refractivity contribution in [3.05, 3.63) is 0 Å². The summed E-state index contributed by atoms with van der Waals surface area (Å²) in [6.07, 6.45) is -3.70. The number of hydrogen-bond acceptors (Lipinski definition) is 3. The summed E-state index contributed by atoms with van der Waals surface area (Å²) in [4.78, 5) is 0. The topological polar surface area (TPSA) is 30.5 Å². The Hall–Kier alpha value is -0.400. The highest BCUT2D eigenvalue weighted by molar-refractivity contribution is 4.70. The lowest BCUT2D eigenvalue weighted by molar-refractivity contribution is -0.167. The molecule has 17 heavy (non-hydrogen) atoms. The van der Waals surface area contributed by atoms with Gasteiger partial charge in [-0.05, 0) is 13.5 Å². The Morgan fingerprint density at radius 2 is 1.71 bits per heavy atom. The van der Waals surface area contributed by atoms with Gasteiger partial charge in [-0.25, -0.2) is 8.78 Å². The molecule has 3 nitrogen and oxygen atoms in total. The van der Waals surface area contributed by atoms with Gasteiger partial charge in [-0.15, -0.1) is 0 Å². The molecule has 0 rings (SSSR count). The second-order valence-electron chi connectivity index (χ2n) is 3.49. The molecule has 0 aliphatic carbocycles. The van der Waals surface area contributed by atoms with Crippen LogP contribution in [0, 0.1) is 0 Å². The van der Waals surface area contributed by atoms with Crippen molar-refractivity contribution in [2.24, 2.45) is 0 Å². The van der Waals surface area contributed by atoms with Crippen molar-refractivity contribution < 1.29 is 27.0 Å². The van der Waals surface area contributed by atoms with E-state index < -0.39 is 19.0 Å². The van der Waals surface area contributed by atoms with Crippen LogP contribution in [0.25, 0.3) is 0 Å². The zero-order chi connectivity index (χ0) is 13.3. The zero-order valence-corrected chi connectivity index (χ0v) is 10.0. The van der Waals surface area contributed by atoms with Gasteiger partial charge in [-0.3, -0.25) is 0 Å². The fourth-order valence-corrected chi connectivity index (χ4v) is 1.12. The van der Waals surface area contributed by atoms with Crippen LogP contribution in [0.3, 0.4) is 0 Å². The van der Waals surface area contributed by atoms with Crippen LogP contribution in [0.5, 0.6) is 0 Å². The molecular weight excluding hydrogens is 242 g/mol. The lowest BCUT2D eigenvalue weighted by Gasteiger charge is -2.20. The van der Waals surface area contributed by atoms with Crippen LogP contribution >= 0.6 is 0 Å². The first kappa shape index (κ1) is 16.6. The van der Waals surface area contributed by atoms with Crippen molar-refractivity contribution in [2.45, 2.75) is 32.2 Å². The fraction of sp³-hybridized carbons (Fsp3) is 1.00. The molecule has 1 N–H and O–H groups in total. The Morgan fingerprint density at radius 3 is 2.18 bits per heavy atom. The molecule has 0 aliphatic heterocycles. The number of likely N-dealkylation sites (N-methyl/N-ethyl adjacent to an activating group) is 1. The van der Waals surface area contributed by atoms with Crippen molar-refractivity contribution in [2.75, 3.05) is 33.0 Å². The fourth-order valence-electron chi connectivity index (χ4n) is 1.12. The molecule has 1 atom stereocenters. The van der Waals surface area contributed by atoms with Gasteiger partial charge in [0.1, 0.15) is 6.61 Å². The average molecular weight is 261 g/mol. The number of halogens is 4. The third-order valence-corrected chi connectivity index (χ3v) is 1.95. The van der Waals surface area contributed by atoms with Gasteiger partial charge in [0.05, 0.1) is 19.3 Å². The third-order valence-electron chi connectivity index (χ3n) is 1.95. The van der Waals surface area contributed by atoms with E-state index in [0.29, 0.717) is 19.8 Å². The molecule has 0 saturated heterocycles. The van der Waals surface area contributed by atoms with Gasteiger partial charge >= 0.3 is 12.3 Å². The van der Waals surface area contributed by atoms with Crippen molar-refractivity contribution in [1.29, 1.82) is 0 Å². The van der Waals surface area contributed by atoms with E-state index in [1.165, 1.54) is 0 Å². The number of hydrogen-bond donors (Lipinski definition) is 1. The molecular formula is C10H19F4NO2. The molecule has 0 fully saturated rings. The molecule has 0 saturated carbocycles. The van der Waals surface area contributed by atoms with Gasteiger partial charge in [0, 0.05) is 6.61 Å². The molecule has 0 heterocycles. The SMILES string of the molecule is CCNC(COCC)COCC(F)(F)C(F)F. The maximum absolute atomic E-state index is 12.5. The minimum absolute atomic E-state index is 0.0872. The molecule has 7 heteroatoms. The summed E-state index contributed by atoms with van der Waals surface area (Å²) in [5, 5.41) is 2.95. The summed E-state index contributed by atoms with van der Waals surface area (Å²) >= 11 is 0. The molecule has 0 amide bonds. The van der Waals surface area contributed by atoms with Crippen LogP contribution < -0.4 is 5.32 Å². The maximum Gasteiger partial charge on any atom is 0.330 e. The number of nitrogens with one attached hydrogen (secondary N) is 1. The predicted octanol–water partition coefficient (Wildman–Crippen LogP) is 1.92. The van der Waals surface area contributed by atoms with E-state index in [1.807, 2.05) is 6.92 Å². The largest absolute Gasteiger partial charge is 0.380 e. The molecule has 0 aromatic heterocycles. The molecule has 0 aromatic carbocycles. The first-order valence-corrected chi connectivity index (χ1v) is 5.48. The lowest BCUT2D eigenvalue weighted by atomic mass is 10.3. The van der Waals surface area contributed by atoms with E-state index in [-0.39, 0.29) is 12.6 Å². The van der Waals surface area contributed by atoms with Crippen LogP contribution in [-0.2, 0) is 9.47 Å².